The molecule has 8 heteroatoms. The SMILES string of the molecule is COC(=O)c1ccc(N2CCOCC2)c(S(=O)(=O)Nc2ccc(C)cc2)c1. The van der Waals surface area contributed by atoms with Crippen molar-refractivity contribution in [2.75, 3.05) is 43.0 Å². The lowest BCUT2D eigenvalue weighted by Gasteiger charge is -2.30. The highest BCUT2D eigenvalue weighted by Crippen LogP contribution is 2.29. The van der Waals surface area contributed by atoms with E-state index < -0.39 is 16.0 Å². The van der Waals surface area contributed by atoms with E-state index in [1.807, 2.05) is 24.0 Å². The van der Waals surface area contributed by atoms with Gasteiger partial charge in [-0.1, -0.05) is 17.7 Å². The summed E-state index contributed by atoms with van der Waals surface area (Å²) in [6.45, 7) is 4.11. The molecule has 0 radical (unpaired) electrons. The summed E-state index contributed by atoms with van der Waals surface area (Å²) in [5.41, 5.74) is 2.20. The molecule has 0 saturated carbocycles. The number of benzene rings is 2. The Labute approximate surface area is 158 Å². The molecule has 2 aromatic rings. The summed E-state index contributed by atoms with van der Waals surface area (Å²) >= 11 is 0. The van der Waals surface area contributed by atoms with E-state index >= 15 is 0 Å². The fraction of sp³-hybridized carbons (Fsp3) is 0.316. The maximum Gasteiger partial charge on any atom is 0.337 e. The minimum absolute atomic E-state index is 0.0351. The number of ether oxygens (including phenoxy) is 2. The largest absolute Gasteiger partial charge is 0.465 e. The van der Waals surface area contributed by atoms with Crippen molar-refractivity contribution in [1.82, 2.24) is 0 Å². The molecule has 1 aliphatic rings. The van der Waals surface area contributed by atoms with Gasteiger partial charge in [-0.15, -0.1) is 0 Å². The average molecular weight is 390 g/mol. The van der Waals surface area contributed by atoms with Crippen LogP contribution in [0.4, 0.5) is 11.4 Å². The van der Waals surface area contributed by atoms with E-state index in [2.05, 4.69) is 4.72 Å². The third-order valence-electron chi connectivity index (χ3n) is 4.33. The van der Waals surface area contributed by atoms with E-state index in [-0.39, 0.29) is 10.5 Å². The van der Waals surface area contributed by atoms with Crippen LogP contribution in [0.1, 0.15) is 15.9 Å². The zero-order chi connectivity index (χ0) is 19.4. The molecular formula is C19H22N2O5S. The summed E-state index contributed by atoms with van der Waals surface area (Å²) in [7, 11) is -2.65. The summed E-state index contributed by atoms with van der Waals surface area (Å²) in [5.74, 6) is -0.588. The molecule has 1 saturated heterocycles. The predicted molar refractivity (Wildman–Crippen MR) is 103 cm³/mol. The van der Waals surface area contributed by atoms with Crippen LogP contribution in [-0.4, -0.2) is 47.8 Å². The Balaban J connectivity index is 2.03. The van der Waals surface area contributed by atoms with Gasteiger partial charge in [0.25, 0.3) is 10.0 Å². The normalized spacial score (nSPS) is 14.7. The molecule has 0 aromatic heterocycles. The summed E-state index contributed by atoms with van der Waals surface area (Å²) in [6.07, 6.45) is 0. The fourth-order valence-electron chi connectivity index (χ4n) is 2.87. The standard InChI is InChI=1S/C19H22N2O5S/c1-14-3-6-16(7-4-14)20-27(23,24)18-13-15(19(22)25-2)5-8-17(18)21-9-11-26-12-10-21/h3-8,13,20H,9-12H2,1-2H3. The first kappa shape index (κ1) is 19.2. The van der Waals surface area contributed by atoms with E-state index in [0.29, 0.717) is 37.7 Å². The number of anilines is 2. The van der Waals surface area contributed by atoms with Crippen LogP contribution < -0.4 is 9.62 Å². The number of carbonyl (C=O) groups is 1. The second kappa shape index (κ2) is 7.98. The third kappa shape index (κ3) is 4.40. The Morgan fingerprint density at radius 1 is 1.11 bits per heavy atom. The van der Waals surface area contributed by atoms with Crippen molar-refractivity contribution in [3.05, 3.63) is 53.6 Å². The van der Waals surface area contributed by atoms with E-state index in [0.717, 1.165) is 5.56 Å². The van der Waals surface area contributed by atoms with Gasteiger partial charge >= 0.3 is 5.97 Å². The van der Waals surface area contributed by atoms with Crippen molar-refractivity contribution in [1.29, 1.82) is 0 Å². The summed E-state index contributed by atoms with van der Waals surface area (Å²) in [5, 5.41) is 0. The molecule has 1 heterocycles. The van der Waals surface area contributed by atoms with Gasteiger partial charge in [0.2, 0.25) is 0 Å². The number of methoxy groups -OCH3 is 1. The van der Waals surface area contributed by atoms with E-state index in [4.69, 9.17) is 9.47 Å². The molecule has 3 rings (SSSR count). The number of sulfonamides is 1. The molecule has 7 nitrogen and oxygen atoms in total. The molecule has 0 aliphatic carbocycles. The number of carbonyl (C=O) groups excluding carboxylic acids is 1. The van der Waals surface area contributed by atoms with Crippen molar-refractivity contribution in [2.24, 2.45) is 0 Å². The molecule has 1 fully saturated rings. The maximum atomic E-state index is 13.1. The van der Waals surface area contributed by atoms with Crippen molar-refractivity contribution >= 4 is 27.4 Å². The Morgan fingerprint density at radius 2 is 1.78 bits per heavy atom. The zero-order valence-electron chi connectivity index (χ0n) is 15.3. The molecule has 27 heavy (non-hydrogen) atoms. The predicted octanol–water partition coefficient (Wildman–Crippen LogP) is 2.42. The van der Waals surface area contributed by atoms with Crippen LogP contribution >= 0.6 is 0 Å². The lowest BCUT2D eigenvalue weighted by molar-refractivity contribution is 0.0600. The van der Waals surface area contributed by atoms with Gasteiger partial charge in [-0.3, -0.25) is 4.72 Å². The quantitative estimate of drug-likeness (QED) is 0.790. The van der Waals surface area contributed by atoms with Crippen LogP contribution in [-0.2, 0) is 19.5 Å². The second-order valence-corrected chi connectivity index (χ2v) is 7.90. The van der Waals surface area contributed by atoms with Gasteiger partial charge in [-0.25, -0.2) is 13.2 Å². The molecule has 2 aromatic carbocycles. The number of esters is 1. The fourth-order valence-corrected chi connectivity index (χ4v) is 4.18. The first-order valence-electron chi connectivity index (χ1n) is 8.55. The van der Waals surface area contributed by atoms with Crippen molar-refractivity contribution in [3.63, 3.8) is 0 Å². The van der Waals surface area contributed by atoms with Crippen LogP contribution in [0.25, 0.3) is 0 Å². The molecule has 1 aliphatic heterocycles. The molecule has 0 bridgehead atoms. The highest BCUT2D eigenvalue weighted by molar-refractivity contribution is 7.92. The molecule has 1 N–H and O–H groups in total. The lowest BCUT2D eigenvalue weighted by Crippen LogP contribution is -2.37. The minimum Gasteiger partial charge on any atom is -0.465 e. The Morgan fingerprint density at radius 3 is 2.41 bits per heavy atom. The topological polar surface area (TPSA) is 84.9 Å². The van der Waals surface area contributed by atoms with Crippen LogP contribution in [0.5, 0.6) is 0 Å². The van der Waals surface area contributed by atoms with Gasteiger partial charge in [0.15, 0.2) is 0 Å². The van der Waals surface area contributed by atoms with Gasteiger partial charge in [0.05, 0.1) is 31.6 Å². The van der Waals surface area contributed by atoms with Crippen molar-refractivity contribution in [2.45, 2.75) is 11.8 Å². The summed E-state index contributed by atoms with van der Waals surface area (Å²) in [6, 6.07) is 11.6. The molecule has 144 valence electrons. The average Bonchev–Trinajstić information content (AvgIpc) is 2.69. The lowest BCUT2D eigenvalue weighted by atomic mass is 10.2. The van der Waals surface area contributed by atoms with E-state index in [9.17, 15) is 13.2 Å². The molecule has 0 spiro atoms. The number of rotatable bonds is 5. The van der Waals surface area contributed by atoms with Crippen LogP contribution in [0, 0.1) is 6.92 Å². The van der Waals surface area contributed by atoms with Gasteiger partial charge < -0.3 is 14.4 Å². The zero-order valence-corrected chi connectivity index (χ0v) is 16.1. The Kier molecular flexibility index (Phi) is 5.67. The minimum atomic E-state index is -3.91. The maximum absolute atomic E-state index is 13.1. The molecule has 0 atom stereocenters. The number of morpholine rings is 1. The number of nitrogens with one attached hydrogen (secondary N) is 1. The van der Waals surface area contributed by atoms with Crippen LogP contribution in [0.3, 0.4) is 0 Å². The van der Waals surface area contributed by atoms with Gasteiger partial charge in [-0.05, 0) is 37.3 Å². The highest BCUT2D eigenvalue weighted by Gasteiger charge is 2.25. The van der Waals surface area contributed by atoms with Crippen molar-refractivity contribution in [3.8, 4) is 0 Å². The molecular weight excluding hydrogens is 368 g/mol. The van der Waals surface area contributed by atoms with Gasteiger partial charge in [-0.2, -0.15) is 0 Å². The number of nitrogens with zero attached hydrogens (tertiary/aromatic N) is 1. The Bertz CT molecular complexity index is 920. The molecule has 0 unspecified atom stereocenters. The second-order valence-electron chi connectivity index (χ2n) is 6.25. The third-order valence-corrected chi connectivity index (χ3v) is 5.74. The number of aryl methyl sites for hydroxylation is 1. The number of hydrogen-bond acceptors (Lipinski definition) is 6. The summed E-state index contributed by atoms with van der Waals surface area (Å²) < 4.78 is 38.9. The van der Waals surface area contributed by atoms with Crippen molar-refractivity contribution < 1.29 is 22.7 Å². The molecule has 0 amide bonds. The first-order chi connectivity index (χ1) is 12.9. The van der Waals surface area contributed by atoms with Crippen LogP contribution in [0.15, 0.2) is 47.4 Å². The van der Waals surface area contributed by atoms with Gasteiger partial charge in [0, 0.05) is 18.8 Å². The highest BCUT2D eigenvalue weighted by atomic mass is 32.2. The summed E-state index contributed by atoms with van der Waals surface area (Å²) in [4.78, 5) is 13.9. The van der Waals surface area contributed by atoms with E-state index in [1.54, 1.807) is 24.3 Å². The number of hydrogen-bond donors (Lipinski definition) is 1. The smallest absolute Gasteiger partial charge is 0.337 e. The van der Waals surface area contributed by atoms with E-state index in [1.165, 1.54) is 13.2 Å². The van der Waals surface area contributed by atoms with Gasteiger partial charge in [0.1, 0.15) is 4.90 Å². The van der Waals surface area contributed by atoms with Crippen LogP contribution in [0.2, 0.25) is 0 Å². The Hall–Kier alpha value is -2.58. The monoisotopic (exact) mass is 390 g/mol. The first-order valence-corrected chi connectivity index (χ1v) is 10.0.